The maximum Gasteiger partial charge on any atom is 0.334 e. The van der Waals surface area contributed by atoms with Crippen molar-refractivity contribution in [1.82, 2.24) is 0 Å². The molecule has 0 aromatic rings. The zero-order valence-electron chi connectivity index (χ0n) is 7.86. The fourth-order valence-electron chi connectivity index (χ4n) is 1.44. The minimum absolute atomic E-state index is 0.287. The second-order valence-electron chi connectivity index (χ2n) is 3.08. The van der Waals surface area contributed by atoms with Gasteiger partial charge in [0.2, 0.25) is 0 Å². The SMILES string of the molecule is COC(=O)C1=CC=C2CN=CN=C2C1. The van der Waals surface area contributed by atoms with Crippen LogP contribution in [0.25, 0.3) is 0 Å². The van der Waals surface area contributed by atoms with Crippen molar-refractivity contribution in [2.75, 3.05) is 13.7 Å². The van der Waals surface area contributed by atoms with E-state index < -0.39 is 0 Å². The molecule has 0 amide bonds. The first-order valence-corrected chi connectivity index (χ1v) is 4.34. The Morgan fingerprint density at radius 2 is 2.36 bits per heavy atom. The van der Waals surface area contributed by atoms with Gasteiger partial charge in [-0.2, -0.15) is 0 Å². The zero-order chi connectivity index (χ0) is 9.97. The largest absolute Gasteiger partial charge is 0.466 e. The molecule has 0 fully saturated rings. The highest BCUT2D eigenvalue weighted by molar-refractivity contribution is 6.11. The number of fused-ring (bicyclic) bond motifs is 1. The molecular formula is C10H10N2O2. The molecule has 0 unspecified atom stereocenters. The molecular weight excluding hydrogens is 180 g/mol. The molecule has 0 spiro atoms. The molecule has 0 saturated carbocycles. The summed E-state index contributed by atoms with van der Waals surface area (Å²) < 4.78 is 4.64. The predicted octanol–water partition coefficient (Wildman–Crippen LogP) is 0.899. The number of aliphatic imine (C=N–C) groups is 2. The number of carbonyl (C=O) groups excluding carboxylic acids is 1. The fourth-order valence-corrected chi connectivity index (χ4v) is 1.44. The van der Waals surface area contributed by atoms with Gasteiger partial charge in [-0.05, 0) is 5.57 Å². The summed E-state index contributed by atoms with van der Waals surface area (Å²) in [6, 6.07) is 0. The van der Waals surface area contributed by atoms with Crippen LogP contribution >= 0.6 is 0 Å². The van der Waals surface area contributed by atoms with Gasteiger partial charge in [0.15, 0.2) is 0 Å². The summed E-state index contributed by atoms with van der Waals surface area (Å²) in [5.74, 6) is -0.287. The lowest BCUT2D eigenvalue weighted by molar-refractivity contribution is -0.136. The van der Waals surface area contributed by atoms with Crippen molar-refractivity contribution in [3.8, 4) is 0 Å². The van der Waals surface area contributed by atoms with E-state index in [0.29, 0.717) is 18.5 Å². The highest BCUT2D eigenvalue weighted by atomic mass is 16.5. The van der Waals surface area contributed by atoms with E-state index in [1.807, 2.05) is 6.08 Å². The Morgan fingerprint density at radius 1 is 1.50 bits per heavy atom. The number of hydrogen-bond acceptors (Lipinski definition) is 4. The van der Waals surface area contributed by atoms with Gasteiger partial charge in [0.1, 0.15) is 6.34 Å². The molecule has 1 aliphatic heterocycles. The fraction of sp³-hybridized carbons (Fsp3) is 0.300. The van der Waals surface area contributed by atoms with Crippen LogP contribution in [0.4, 0.5) is 0 Å². The van der Waals surface area contributed by atoms with Crippen molar-refractivity contribution in [1.29, 1.82) is 0 Å². The van der Waals surface area contributed by atoms with E-state index >= 15 is 0 Å². The summed E-state index contributed by atoms with van der Waals surface area (Å²) in [5, 5.41) is 0. The Hall–Kier alpha value is -1.71. The molecule has 0 radical (unpaired) electrons. The number of methoxy groups -OCH3 is 1. The van der Waals surface area contributed by atoms with Crippen molar-refractivity contribution < 1.29 is 9.53 Å². The molecule has 4 nitrogen and oxygen atoms in total. The van der Waals surface area contributed by atoms with Crippen LogP contribution in [0.1, 0.15) is 6.42 Å². The van der Waals surface area contributed by atoms with E-state index in [-0.39, 0.29) is 5.97 Å². The molecule has 1 heterocycles. The van der Waals surface area contributed by atoms with E-state index in [1.54, 1.807) is 6.08 Å². The van der Waals surface area contributed by atoms with Gasteiger partial charge >= 0.3 is 5.97 Å². The lowest BCUT2D eigenvalue weighted by Crippen LogP contribution is -2.18. The summed E-state index contributed by atoms with van der Waals surface area (Å²) in [7, 11) is 1.38. The zero-order valence-corrected chi connectivity index (χ0v) is 7.86. The van der Waals surface area contributed by atoms with Gasteiger partial charge in [-0.3, -0.25) is 4.99 Å². The Kier molecular flexibility index (Phi) is 2.26. The van der Waals surface area contributed by atoms with Crippen LogP contribution in [0.15, 0.2) is 33.3 Å². The van der Waals surface area contributed by atoms with Gasteiger partial charge in [0, 0.05) is 12.0 Å². The van der Waals surface area contributed by atoms with Gasteiger partial charge in [-0.25, -0.2) is 9.79 Å². The van der Waals surface area contributed by atoms with Gasteiger partial charge in [-0.15, -0.1) is 0 Å². The highest BCUT2D eigenvalue weighted by Gasteiger charge is 2.19. The van der Waals surface area contributed by atoms with Crippen molar-refractivity contribution in [2.45, 2.75) is 6.42 Å². The van der Waals surface area contributed by atoms with E-state index in [4.69, 9.17) is 0 Å². The average molecular weight is 190 g/mol. The van der Waals surface area contributed by atoms with Crippen LogP contribution in [-0.4, -0.2) is 31.7 Å². The minimum Gasteiger partial charge on any atom is -0.466 e. The van der Waals surface area contributed by atoms with Crippen molar-refractivity contribution >= 4 is 18.0 Å². The first kappa shape index (κ1) is 8.87. The molecule has 2 rings (SSSR count). The second-order valence-corrected chi connectivity index (χ2v) is 3.08. The first-order chi connectivity index (χ1) is 6.81. The Bertz CT molecular complexity index is 389. The normalized spacial score (nSPS) is 19.1. The number of nitrogens with zero attached hydrogens (tertiary/aromatic N) is 2. The topological polar surface area (TPSA) is 51.0 Å². The molecule has 0 aromatic carbocycles. The van der Waals surface area contributed by atoms with E-state index in [1.165, 1.54) is 13.4 Å². The number of allylic oxidation sites excluding steroid dienone is 2. The Morgan fingerprint density at radius 3 is 3.14 bits per heavy atom. The summed E-state index contributed by atoms with van der Waals surface area (Å²) >= 11 is 0. The quantitative estimate of drug-likeness (QED) is 0.577. The average Bonchev–Trinajstić information content (AvgIpc) is 2.27. The second kappa shape index (κ2) is 3.57. The third kappa shape index (κ3) is 1.51. The smallest absolute Gasteiger partial charge is 0.334 e. The molecule has 14 heavy (non-hydrogen) atoms. The van der Waals surface area contributed by atoms with Gasteiger partial charge < -0.3 is 4.74 Å². The van der Waals surface area contributed by atoms with Crippen LogP contribution in [0.2, 0.25) is 0 Å². The number of esters is 1. The third-order valence-corrected chi connectivity index (χ3v) is 2.22. The standard InChI is InChI=1S/C10H10N2O2/c1-14-10(13)7-2-3-8-5-11-6-12-9(8)4-7/h2-3,6H,4-5H2,1H3. The summed E-state index contributed by atoms with van der Waals surface area (Å²) in [4.78, 5) is 19.4. The van der Waals surface area contributed by atoms with Crippen LogP contribution < -0.4 is 0 Å². The van der Waals surface area contributed by atoms with Crippen molar-refractivity contribution in [3.05, 3.63) is 23.3 Å². The highest BCUT2D eigenvalue weighted by Crippen LogP contribution is 2.19. The van der Waals surface area contributed by atoms with Crippen molar-refractivity contribution in [2.24, 2.45) is 9.98 Å². The molecule has 0 N–H and O–H groups in total. The summed E-state index contributed by atoms with van der Waals surface area (Å²) in [6.45, 7) is 0.657. The van der Waals surface area contributed by atoms with Crippen LogP contribution in [0.5, 0.6) is 0 Å². The molecule has 0 aromatic heterocycles. The van der Waals surface area contributed by atoms with Gasteiger partial charge in [0.05, 0.1) is 19.4 Å². The van der Waals surface area contributed by atoms with Crippen LogP contribution in [0.3, 0.4) is 0 Å². The first-order valence-electron chi connectivity index (χ1n) is 4.34. The van der Waals surface area contributed by atoms with Crippen LogP contribution in [-0.2, 0) is 9.53 Å². The maximum atomic E-state index is 11.2. The minimum atomic E-state index is -0.287. The monoisotopic (exact) mass is 190 g/mol. The van der Waals surface area contributed by atoms with Gasteiger partial charge in [-0.1, -0.05) is 12.2 Å². The number of rotatable bonds is 1. The van der Waals surface area contributed by atoms with Gasteiger partial charge in [0.25, 0.3) is 0 Å². The summed E-state index contributed by atoms with van der Waals surface area (Å²) in [5.41, 5.74) is 2.65. The molecule has 1 aliphatic carbocycles. The number of carbonyl (C=O) groups is 1. The predicted molar refractivity (Wildman–Crippen MR) is 53.6 cm³/mol. The molecule has 4 heteroatoms. The van der Waals surface area contributed by atoms with E-state index in [9.17, 15) is 4.79 Å². The number of hydrogen-bond donors (Lipinski definition) is 0. The molecule has 72 valence electrons. The third-order valence-electron chi connectivity index (χ3n) is 2.22. The van der Waals surface area contributed by atoms with E-state index in [0.717, 1.165) is 11.3 Å². The molecule has 0 saturated heterocycles. The summed E-state index contributed by atoms with van der Waals surface area (Å²) in [6.07, 6.45) is 5.74. The Labute approximate surface area is 81.7 Å². The molecule has 0 atom stereocenters. The maximum absolute atomic E-state index is 11.2. The molecule has 2 aliphatic rings. The lowest BCUT2D eigenvalue weighted by Gasteiger charge is -2.16. The van der Waals surface area contributed by atoms with E-state index in [2.05, 4.69) is 14.7 Å². The van der Waals surface area contributed by atoms with Crippen molar-refractivity contribution in [3.63, 3.8) is 0 Å². The molecule has 0 bridgehead atoms. The Balaban J connectivity index is 2.25. The van der Waals surface area contributed by atoms with Crippen LogP contribution in [0, 0.1) is 0 Å². The lowest BCUT2D eigenvalue weighted by atomic mass is 9.95. The number of ether oxygens (including phenoxy) is 1.